The first-order valence-electron chi connectivity index (χ1n) is 8.64. The lowest BCUT2D eigenvalue weighted by atomic mass is 9.98. The van der Waals surface area contributed by atoms with Gasteiger partial charge in [-0.05, 0) is 28.3 Å². The van der Waals surface area contributed by atoms with Gasteiger partial charge in [0.15, 0.2) is 0 Å². The number of carbonyl (C=O) groups excluding carboxylic acids is 1. The highest BCUT2D eigenvalue weighted by molar-refractivity contribution is 5.91. The van der Waals surface area contributed by atoms with Gasteiger partial charge in [0.2, 0.25) is 0 Å². The second-order valence-electron chi connectivity index (χ2n) is 6.22. The maximum atomic E-state index is 12.8. The zero-order valence-corrected chi connectivity index (χ0v) is 14.3. The van der Waals surface area contributed by atoms with Gasteiger partial charge in [-0.15, -0.1) is 0 Å². The maximum absolute atomic E-state index is 12.8. The molecule has 0 atom stereocenters. The van der Waals surface area contributed by atoms with Crippen molar-refractivity contribution in [3.05, 3.63) is 107 Å². The lowest BCUT2D eigenvalue weighted by Crippen LogP contribution is -2.31. The molecule has 3 aromatic carbocycles. The van der Waals surface area contributed by atoms with Gasteiger partial charge < -0.3 is 4.74 Å². The van der Waals surface area contributed by atoms with E-state index in [2.05, 4.69) is 12.1 Å². The van der Waals surface area contributed by atoms with Gasteiger partial charge in [0, 0.05) is 0 Å². The summed E-state index contributed by atoms with van der Waals surface area (Å²) in [6.07, 6.45) is 1.72. The summed E-state index contributed by atoms with van der Waals surface area (Å²) < 4.78 is 5.58. The molecule has 0 aliphatic carbocycles. The highest BCUT2D eigenvalue weighted by atomic mass is 16.6. The van der Waals surface area contributed by atoms with Crippen molar-refractivity contribution >= 4 is 17.9 Å². The van der Waals surface area contributed by atoms with E-state index in [0.717, 1.165) is 28.0 Å². The van der Waals surface area contributed by atoms with Gasteiger partial charge in [-0.2, -0.15) is 0 Å². The molecule has 0 radical (unpaired) electrons. The number of nitrogens with zero attached hydrogens (tertiary/aromatic N) is 1. The van der Waals surface area contributed by atoms with Crippen molar-refractivity contribution in [2.24, 2.45) is 0 Å². The fourth-order valence-electron chi connectivity index (χ4n) is 3.11. The van der Waals surface area contributed by atoms with E-state index in [1.165, 1.54) is 0 Å². The first-order valence-corrected chi connectivity index (χ1v) is 8.64. The highest BCUT2D eigenvalue weighted by Crippen LogP contribution is 2.31. The molecular weight excluding hydrogens is 322 g/mol. The van der Waals surface area contributed by atoms with Gasteiger partial charge in [-0.1, -0.05) is 84.9 Å². The van der Waals surface area contributed by atoms with Crippen LogP contribution in [0.3, 0.4) is 0 Å². The first kappa shape index (κ1) is 16.2. The van der Waals surface area contributed by atoms with Crippen molar-refractivity contribution in [1.82, 2.24) is 4.90 Å². The number of rotatable bonds is 3. The molecule has 0 fully saturated rings. The van der Waals surface area contributed by atoms with Crippen molar-refractivity contribution in [3.8, 4) is 0 Å². The fourth-order valence-corrected chi connectivity index (χ4v) is 3.11. The Bertz CT molecular complexity index is 933. The summed E-state index contributed by atoms with van der Waals surface area (Å²) in [6.45, 7) is 0.768. The fraction of sp³-hybridized carbons (Fsp3) is 0.0870. The van der Waals surface area contributed by atoms with Gasteiger partial charge >= 0.3 is 6.09 Å². The smallest absolute Gasteiger partial charge is 0.414 e. The first-order chi connectivity index (χ1) is 12.8. The Balaban J connectivity index is 1.62. The third-order valence-electron chi connectivity index (χ3n) is 4.46. The Morgan fingerprint density at radius 2 is 1.50 bits per heavy atom. The van der Waals surface area contributed by atoms with Crippen molar-refractivity contribution in [1.29, 1.82) is 0 Å². The van der Waals surface area contributed by atoms with Crippen LogP contribution in [0.5, 0.6) is 0 Å². The van der Waals surface area contributed by atoms with Crippen LogP contribution >= 0.6 is 0 Å². The van der Waals surface area contributed by atoms with Crippen molar-refractivity contribution in [2.45, 2.75) is 13.2 Å². The predicted octanol–water partition coefficient (Wildman–Crippen LogP) is 5.34. The normalized spacial score (nSPS) is 12.9. The Morgan fingerprint density at radius 3 is 2.27 bits per heavy atom. The second kappa shape index (κ2) is 7.28. The summed E-state index contributed by atoms with van der Waals surface area (Å²) in [6, 6.07) is 27.8. The summed E-state index contributed by atoms with van der Waals surface area (Å²) in [5, 5.41) is 0. The van der Waals surface area contributed by atoms with Crippen LogP contribution in [-0.4, -0.2) is 11.0 Å². The maximum Gasteiger partial charge on any atom is 0.414 e. The molecule has 0 saturated heterocycles. The molecule has 1 aliphatic rings. The summed E-state index contributed by atoms with van der Waals surface area (Å²) in [4.78, 5) is 14.5. The third kappa shape index (κ3) is 3.38. The van der Waals surface area contributed by atoms with Crippen LogP contribution < -0.4 is 0 Å². The van der Waals surface area contributed by atoms with Crippen LogP contribution in [-0.2, 0) is 17.9 Å². The monoisotopic (exact) mass is 341 g/mol. The Morgan fingerprint density at radius 1 is 0.846 bits per heavy atom. The molecule has 1 amide bonds. The number of amides is 1. The van der Waals surface area contributed by atoms with E-state index in [0.29, 0.717) is 6.54 Å². The second-order valence-corrected chi connectivity index (χ2v) is 6.22. The van der Waals surface area contributed by atoms with Crippen molar-refractivity contribution < 1.29 is 9.53 Å². The van der Waals surface area contributed by atoms with E-state index < -0.39 is 0 Å². The third-order valence-corrected chi connectivity index (χ3v) is 4.46. The van der Waals surface area contributed by atoms with Gasteiger partial charge in [0.05, 0.1) is 12.2 Å². The predicted molar refractivity (Wildman–Crippen MR) is 103 cm³/mol. The molecule has 0 bridgehead atoms. The molecule has 0 N–H and O–H groups in total. The molecule has 26 heavy (non-hydrogen) atoms. The summed E-state index contributed by atoms with van der Waals surface area (Å²) >= 11 is 0. The molecule has 0 aromatic heterocycles. The number of benzene rings is 3. The summed E-state index contributed by atoms with van der Waals surface area (Å²) in [5.41, 5.74) is 5.09. The van der Waals surface area contributed by atoms with Crippen molar-refractivity contribution in [2.75, 3.05) is 0 Å². The van der Waals surface area contributed by atoms with Gasteiger partial charge in [-0.3, -0.25) is 4.90 Å². The highest BCUT2D eigenvalue weighted by Gasteiger charge is 2.25. The number of ether oxygens (including phenoxy) is 1. The van der Waals surface area contributed by atoms with Gasteiger partial charge in [-0.25, -0.2) is 4.79 Å². The number of hydrogen-bond acceptors (Lipinski definition) is 2. The average molecular weight is 341 g/mol. The van der Waals surface area contributed by atoms with E-state index in [9.17, 15) is 4.79 Å². The average Bonchev–Trinajstić information content (AvgIpc) is 2.72. The van der Waals surface area contributed by atoms with E-state index >= 15 is 0 Å². The molecule has 1 heterocycles. The Kier molecular flexibility index (Phi) is 4.52. The van der Waals surface area contributed by atoms with Crippen LogP contribution in [0, 0.1) is 0 Å². The van der Waals surface area contributed by atoms with Gasteiger partial charge in [0.1, 0.15) is 6.61 Å². The molecular formula is C23H19NO2. The van der Waals surface area contributed by atoms with E-state index in [1.54, 1.807) is 4.90 Å². The Hall–Kier alpha value is -3.33. The minimum Gasteiger partial charge on any atom is -0.444 e. The zero-order valence-electron chi connectivity index (χ0n) is 14.3. The molecule has 0 saturated carbocycles. The molecule has 1 aliphatic heterocycles. The van der Waals surface area contributed by atoms with Crippen LogP contribution in [0.2, 0.25) is 0 Å². The van der Waals surface area contributed by atoms with E-state index in [4.69, 9.17) is 4.74 Å². The molecule has 3 heteroatoms. The van der Waals surface area contributed by atoms with Crippen LogP contribution in [0.4, 0.5) is 4.79 Å². The molecule has 3 nitrogen and oxygen atoms in total. The van der Waals surface area contributed by atoms with Crippen LogP contribution in [0.15, 0.2) is 84.9 Å². The topological polar surface area (TPSA) is 29.5 Å². The number of hydrogen-bond donors (Lipinski definition) is 0. The van der Waals surface area contributed by atoms with Crippen LogP contribution in [0.1, 0.15) is 22.3 Å². The molecule has 3 aromatic rings. The lowest BCUT2D eigenvalue weighted by Gasteiger charge is -2.29. The quantitative estimate of drug-likeness (QED) is 0.644. The molecule has 4 rings (SSSR count). The zero-order chi connectivity index (χ0) is 17.8. The van der Waals surface area contributed by atoms with Gasteiger partial charge in [0.25, 0.3) is 0 Å². The summed E-state index contributed by atoms with van der Waals surface area (Å²) in [5.74, 6) is 0. The molecule has 128 valence electrons. The minimum atomic E-state index is -0.335. The number of carbonyl (C=O) groups is 1. The van der Waals surface area contributed by atoms with E-state index in [-0.39, 0.29) is 12.7 Å². The molecule has 0 spiro atoms. The molecule has 0 unspecified atom stereocenters. The minimum absolute atomic E-state index is 0.264. The SMILES string of the molecule is O=C(OCc1ccccc1)N1Cc2ccccc2C=C1c1ccccc1. The van der Waals surface area contributed by atoms with E-state index in [1.807, 2.05) is 78.9 Å². The van der Waals surface area contributed by atoms with Crippen LogP contribution in [0.25, 0.3) is 11.8 Å². The number of fused-ring (bicyclic) bond motifs is 1. The van der Waals surface area contributed by atoms with Crippen molar-refractivity contribution in [3.63, 3.8) is 0 Å². The Labute approximate surface area is 153 Å². The lowest BCUT2D eigenvalue weighted by molar-refractivity contribution is 0.111. The largest absolute Gasteiger partial charge is 0.444 e. The summed E-state index contributed by atoms with van der Waals surface area (Å²) in [7, 11) is 0. The standard InChI is InChI=1S/C23H19NO2/c25-23(26-17-18-9-3-1-4-10-18)24-16-21-14-8-7-13-20(21)15-22(24)19-11-5-2-6-12-19/h1-15H,16-17H2.